The number of oxazole rings is 1. The van der Waals surface area contributed by atoms with Crippen molar-refractivity contribution in [1.82, 2.24) is 4.98 Å². The Bertz CT molecular complexity index is 533. The molecule has 1 atom stereocenters. The summed E-state index contributed by atoms with van der Waals surface area (Å²) in [5, 5.41) is 11.4. The fraction of sp³-hybridized carbons (Fsp3) is 0.273. The number of rotatable bonds is 3. The number of anilines is 1. The molecule has 0 aliphatic rings. The number of hydrogen-bond donors (Lipinski definition) is 2. The van der Waals surface area contributed by atoms with Crippen LogP contribution in [0.5, 0.6) is 0 Å². The molecular weight excluding hydrogens is 208 g/mol. The van der Waals surface area contributed by atoms with Gasteiger partial charge in [0.05, 0.1) is 0 Å². The maximum Gasteiger partial charge on any atom is 0.325 e. The van der Waals surface area contributed by atoms with Gasteiger partial charge in [0.15, 0.2) is 5.58 Å². The monoisotopic (exact) mass is 220 g/mol. The Morgan fingerprint density at radius 1 is 1.56 bits per heavy atom. The van der Waals surface area contributed by atoms with E-state index in [1.165, 1.54) is 6.92 Å². The van der Waals surface area contributed by atoms with Gasteiger partial charge in [-0.2, -0.15) is 4.98 Å². The predicted molar refractivity (Wildman–Crippen MR) is 59.5 cm³/mol. The van der Waals surface area contributed by atoms with E-state index in [9.17, 15) is 4.79 Å². The van der Waals surface area contributed by atoms with Crippen molar-refractivity contribution in [2.24, 2.45) is 0 Å². The van der Waals surface area contributed by atoms with Gasteiger partial charge in [-0.3, -0.25) is 4.79 Å². The Morgan fingerprint density at radius 3 is 3.00 bits per heavy atom. The molecular formula is C11H12N2O3. The minimum Gasteiger partial charge on any atom is -0.480 e. The number of carbonyl (C=O) groups is 1. The van der Waals surface area contributed by atoms with Gasteiger partial charge in [-0.05, 0) is 31.5 Å². The van der Waals surface area contributed by atoms with E-state index >= 15 is 0 Å². The van der Waals surface area contributed by atoms with Crippen LogP contribution in [0.15, 0.2) is 22.6 Å². The second kappa shape index (κ2) is 3.84. The van der Waals surface area contributed by atoms with E-state index in [-0.39, 0.29) is 6.01 Å². The lowest BCUT2D eigenvalue weighted by atomic mass is 10.2. The van der Waals surface area contributed by atoms with Crippen molar-refractivity contribution in [1.29, 1.82) is 0 Å². The topological polar surface area (TPSA) is 75.4 Å². The fourth-order valence-corrected chi connectivity index (χ4v) is 1.35. The van der Waals surface area contributed by atoms with Crippen LogP contribution in [-0.4, -0.2) is 22.1 Å². The lowest BCUT2D eigenvalue weighted by molar-refractivity contribution is -0.137. The first kappa shape index (κ1) is 10.5. The molecule has 0 spiro atoms. The van der Waals surface area contributed by atoms with Gasteiger partial charge in [0, 0.05) is 0 Å². The van der Waals surface area contributed by atoms with E-state index in [1.807, 2.05) is 25.1 Å². The summed E-state index contributed by atoms with van der Waals surface area (Å²) in [6, 6.07) is 5.12. The van der Waals surface area contributed by atoms with Gasteiger partial charge < -0.3 is 14.8 Å². The van der Waals surface area contributed by atoms with Crippen LogP contribution in [0.2, 0.25) is 0 Å². The molecule has 0 saturated carbocycles. The van der Waals surface area contributed by atoms with Crippen molar-refractivity contribution < 1.29 is 14.3 Å². The van der Waals surface area contributed by atoms with E-state index in [0.717, 1.165) is 11.1 Å². The smallest absolute Gasteiger partial charge is 0.325 e. The third-order valence-corrected chi connectivity index (χ3v) is 2.25. The maximum atomic E-state index is 10.6. The Hall–Kier alpha value is -2.04. The molecule has 0 unspecified atom stereocenters. The van der Waals surface area contributed by atoms with Gasteiger partial charge in [-0.1, -0.05) is 6.07 Å². The van der Waals surface area contributed by atoms with Gasteiger partial charge in [-0.15, -0.1) is 0 Å². The van der Waals surface area contributed by atoms with Crippen LogP contribution in [-0.2, 0) is 4.79 Å². The molecule has 1 aromatic carbocycles. The normalized spacial score (nSPS) is 12.6. The van der Waals surface area contributed by atoms with Crippen molar-refractivity contribution in [2.75, 3.05) is 5.32 Å². The average molecular weight is 220 g/mol. The zero-order chi connectivity index (χ0) is 11.7. The molecule has 2 N–H and O–H groups in total. The van der Waals surface area contributed by atoms with Crippen LogP contribution < -0.4 is 5.32 Å². The first-order chi connectivity index (χ1) is 7.56. The van der Waals surface area contributed by atoms with Crippen LogP contribution in [0.3, 0.4) is 0 Å². The van der Waals surface area contributed by atoms with E-state index < -0.39 is 12.0 Å². The van der Waals surface area contributed by atoms with Gasteiger partial charge in [0.25, 0.3) is 6.01 Å². The molecule has 0 fully saturated rings. The van der Waals surface area contributed by atoms with Crippen LogP contribution in [0.25, 0.3) is 11.1 Å². The summed E-state index contributed by atoms with van der Waals surface area (Å²) in [4.78, 5) is 14.8. The summed E-state index contributed by atoms with van der Waals surface area (Å²) in [5.41, 5.74) is 2.45. The van der Waals surface area contributed by atoms with Gasteiger partial charge in [0.1, 0.15) is 11.6 Å². The Kier molecular flexibility index (Phi) is 2.52. The number of carboxylic acids is 1. The summed E-state index contributed by atoms with van der Waals surface area (Å²) in [6.07, 6.45) is 0. The van der Waals surface area contributed by atoms with Crippen LogP contribution >= 0.6 is 0 Å². The molecule has 0 bridgehead atoms. The molecule has 0 amide bonds. The van der Waals surface area contributed by atoms with E-state index in [1.54, 1.807) is 0 Å². The highest BCUT2D eigenvalue weighted by Gasteiger charge is 2.13. The molecule has 16 heavy (non-hydrogen) atoms. The van der Waals surface area contributed by atoms with Crippen molar-refractivity contribution in [3.05, 3.63) is 23.8 Å². The van der Waals surface area contributed by atoms with Gasteiger partial charge in [-0.25, -0.2) is 0 Å². The minimum absolute atomic E-state index is 0.232. The zero-order valence-electron chi connectivity index (χ0n) is 9.02. The highest BCUT2D eigenvalue weighted by atomic mass is 16.4. The first-order valence-electron chi connectivity index (χ1n) is 4.93. The molecule has 84 valence electrons. The zero-order valence-corrected chi connectivity index (χ0v) is 9.02. The van der Waals surface area contributed by atoms with Crippen molar-refractivity contribution >= 4 is 23.1 Å². The molecule has 0 saturated heterocycles. The lowest BCUT2D eigenvalue weighted by Gasteiger charge is -2.04. The summed E-state index contributed by atoms with van der Waals surface area (Å²) >= 11 is 0. The molecule has 5 heteroatoms. The molecule has 0 radical (unpaired) electrons. The van der Waals surface area contributed by atoms with Crippen LogP contribution in [0.4, 0.5) is 6.01 Å². The summed E-state index contributed by atoms with van der Waals surface area (Å²) in [5.74, 6) is -0.946. The van der Waals surface area contributed by atoms with Crippen molar-refractivity contribution in [2.45, 2.75) is 19.9 Å². The predicted octanol–water partition coefficient (Wildman–Crippen LogP) is 2.02. The van der Waals surface area contributed by atoms with E-state index in [4.69, 9.17) is 9.52 Å². The maximum absolute atomic E-state index is 10.6. The Labute approximate surface area is 92.1 Å². The number of aromatic nitrogens is 1. The number of aryl methyl sites for hydroxylation is 1. The largest absolute Gasteiger partial charge is 0.480 e. The first-order valence-corrected chi connectivity index (χ1v) is 4.93. The quantitative estimate of drug-likeness (QED) is 0.827. The van der Waals surface area contributed by atoms with Gasteiger partial charge in [0.2, 0.25) is 0 Å². The number of fused-ring (bicyclic) bond motifs is 1. The van der Waals surface area contributed by atoms with E-state index in [0.29, 0.717) is 5.58 Å². The highest BCUT2D eigenvalue weighted by molar-refractivity contribution is 5.78. The molecule has 5 nitrogen and oxygen atoms in total. The SMILES string of the molecule is Cc1ccc2oc(N[C@@H](C)C(=O)O)nc2c1. The number of carboxylic acid groups (broad SMARTS) is 1. The van der Waals surface area contributed by atoms with Crippen molar-refractivity contribution in [3.8, 4) is 0 Å². The fourth-order valence-electron chi connectivity index (χ4n) is 1.35. The Balaban J connectivity index is 2.29. The third-order valence-electron chi connectivity index (χ3n) is 2.25. The van der Waals surface area contributed by atoms with E-state index in [2.05, 4.69) is 10.3 Å². The van der Waals surface area contributed by atoms with Crippen LogP contribution in [0, 0.1) is 6.92 Å². The molecule has 2 rings (SSSR count). The number of aliphatic carboxylic acids is 1. The molecule has 1 heterocycles. The summed E-state index contributed by atoms with van der Waals surface area (Å²) in [7, 11) is 0. The second-order valence-corrected chi connectivity index (χ2v) is 3.69. The van der Waals surface area contributed by atoms with Crippen molar-refractivity contribution in [3.63, 3.8) is 0 Å². The lowest BCUT2D eigenvalue weighted by Crippen LogP contribution is -2.25. The minimum atomic E-state index is -0.946. The number of benzene rings is 1. The highest BCUT2D eigenvalue weighted by Crippen LogP contribution is 2.20. The number of nitrogens with zero attached hydrogens (tertiary/aromatic N) is 1. The summed E-state index contributed by atoms with van der Waals surface area (Å²) < 4.78 is 5.36. The third kappa shape index (κ3) is 1.98. The Morgan fingerprint density at radius 2 is 2.31 bits per heavy atom. The number of nitrogens with one attached hydrogen (secondary N) is 1. The summed E-state index contributed by atoms with van der Waals surface area (Å²) in [6.45, 7) is 3.49. The molecule has 2 aromatic rings. The van der Waals surface area contributed by atoms with Gasteiger partial charge >= 0.3 is 5.97 Å². The average Bonchev–Trinajstić information content (AvgIpc) is 2.58. The molecule has 1 aromatic heterocycles. The standard InChI is InChI=1S/C11H12N2O3/c1-6-3-4-9-8(5-6)13-11(16-9)12-7(2)10(14)15/h3-5,7H,1-2H3,(H,12,13)(H,14,15)/t7-/m0/s1. The second-order valence-electron chi connectivity index (χ2n) is 3.69. The number of hydrogen-bond acceptors (Lipinski definition) is 4. The molecule has 0 aliphatic carbocycles. The molecule has 0 aliphatic heterocycles. The van der Waals surface area contributed by atoms with Crippen LogP contribution in [0.1, 0.15) is 12.5 Å².